The lowest BCUT2D eigenvalue weighted by Gasteiger charge is -2.30. The zero-order valence-electron chi connectivity index (χ0n) is 38.4. The highest BCUT2D eigenvalue weighted by Gasteiger charge is 2.43. The average Bonchev–Trinajstić information content (AvgIpc) is 3.49. The molecular weight excluding hydrogens is 885 g/mol. The van der Waals surface area contributed by atoms with Crippen LogP contribution in [0.5, 0.6) is 0 Å². The number of methoxy groups -OCH3 is 2. The fourth-order valence-corrected chi connectivity index (χ4v) is 8.39. The summed E-state index contributed by atoms with van der Waals surface area (Å²) >= 11 is 0. The zero-order chi connectivity index (χ0) is 47.7. The number of carbonyl (C=O) groups is 1. The van der Waals surface area contributed by atoms with Gasteiger partial charge in [0.05, 0.1) is 75.8 Å². The number of carboxylic acids is 1. The normalized spacial score (nSPS) is 15.7. The van der Waals surface area contributed by atoms with Crippen LogP contribution in [-0.4, -0.2) is 143 Å². The minimum absolute atomic E-state index is 0.0322. The number of hydrogen-bond acceptors (Lipinski definition) is 13. The third-order valence-electron chi connectivity index (χ3n) is 10.6. The second-order valence-electron chi connectivity index (χ2n) is 15.1. The summed E-state index contributed by atoms with van der Waals surface area (Å²) in [5, 5.41) is 10.1. The molecule has 1 unspecified atom stereocenters. The summed E-state index contributed by atoms with van der Waals surface area (Å²) in [5.74, 6) is -0.744. The van der Waals surface area contributed by atoms with Gasteiger partial charge in [0.15, 0.2) is 13.1 Å². The van der Waals surface area contributed by atoms with Gasteiger partial charge in [0.25, 0.3) is 20.2 Å². The number of allylic oxidation sites excluding steroid dienone is 3. The SMILES string of the molecule is CC.COCCOCCOCC[N+](CCOCCOCCOC)=c1ccc2c(/C=C/C=C3/N(CCCCCC(=O)O)c4ccc(S(=O)(=O)O)cc4C3(C)CCCS(=O)(=O)O)ccoc-2c1. The number of unbranched alkanes of at least 4 members (excludes halogenated alkanes) is 2. The van der Waals surface area contributed by atoms with Crippen molar-refractivity contribution in [2.75, 3.05) is 111 Å². The number of nitrogens with zero attached hydrogens (tertiary/aromatic N) is 2. The molecule has 2 aliphatic heterocycles. The first-order valence-corrected chi connectivity index (χ1v) is 25.1. The van der Waals surface area contributed by atoms with Gasteiger partial charge >= 0.3 is 5.97 Å². The van der Waals surface area contributed by atoms with Crippen LogP contribution in [0.25, 0.3) is 17.4 Å². The van der Waals surface area contributed by atoms with E-state index >= 15 is 0 Å². The maximum atomic E-state index is 12.3. The summed E-state index contributed by atoms with van der Waals surface area (Å²) < 4.78 is 109. The fraction of sp³-hybridized carbons (Fsp3) is 0.565. The predicted molar refractivity (Wildman–Crippen MR) is 249 cm³/mol. The van der Waals surface area contributed by atoms with Crippen molar-refractivity contribution in [1.29, 1.82) is 0 Å². The van der Waals surface area contributed by atoms with Gasteiger partial charge in [-0.05, 0) is 80.1 Å². The number of benzene rings is 2. The first-order valence-electron chi connectivity index (χ1n) is 22.0. The van der Waals surface area contributed by atoms with Crippen molar-refractivity contribution in [2.24, 2.45) is 0 Å². The van der Waals surface area contributed by atoms with Crippen molar-refractivity contribution in [2.45, 2.75) is 69.6 Å². The molecular formula is C46H69N2O15S2+. The van der Waals surface area contributed by atoms with E-state index in [0.29, 0.717) is 122 Å². The van der Waals surface area contributed by atoms with E-state index in [-0.39, 0.29) is 24.2 Å². The van der Waals surface area contributed by atoms with E-state index in [0.717, 1.165) is 22.2 Å². The molecule has 0 saturated heterocycles. The van der Waals surface area contributed by atoms with Crippen LogP contribution in [0.15, 0.2) is 75.9 Å². The Morgan fingerprint density at radius 1 is 0.785 bits per heavy atom. The number of fused-ring (bicyclic) bond motifs is 2. The van der Waals surface area contributed by atoms with Crippen molar-refractivity contribution in [3.05, 3.63) is 83.1 Å². The second kappa shape index (κ2) is 28.9. The lowest BCUT2D eigenvalue weighted by molar-refractivity contribution is -0.137. The minimum Gasteiger partial charge on any atom is -0.481 e. The molecule has 3 aliphatic rings. The van der Waals surface area contributed by atoms with E-state index in [2.05, 4.69) is 4.58 Å². The van der Waals surface area contributed by atoms with E-state index in [1.807, 2.05) is 68.2 Å². The number of ether oxygens (including phenoxy) is 6. The van der Waals surface area contributed by atoms with Crippen LogP contribution in [0, 0.1) is 0 Å². The topological polar surface area (TPSA) is 221 Å². The number of aliphatic carboxylic acids is 1. The molecule has 65 heavy (non-hydrogen) atoms. The number of hydrogen-bond donors (Lipinski definition) is 3. The summed E-state index contributed by atoms with van der Waals surface area (Å²) in [6, 6.07) is 12.1. The van der Waals surface area contributed by atoms with Crippen LogP contribution in [0.2, 0.25) is 0 Å². The van der Waals surface area contributed by atoms with Crippen molar-refractivity contribution < 1.29 is 68.7 Å². The monoisotopic (exact) mass is 953 g/mol. The number of rotatable bonds is 31. The largest absolute Gasteiger partial charge is 0.481 e. The van der Waals surface area contributed by atoms with Gasteiger partial charge in [0.2, 0.25) is 5.36 Å². The molecule has 0 bridgehead atoms. The molecule has 1 aromatic rings. The fourth-order valence-electron chi connectivity index (χ4n) is 7.38. The highest BCUT2D eigenvalue weighted by atomic mass is 32.2. The molecule has 4 rings (SSSR count). The first kappa shape index (κ1) is 55.3. The molecule has 0 spiro atoms. The van der Waals surface area contributed by atoms with Crippen LogP contribution >= 0.6 is 0 Å². The predicted octanol–water partition coefficient (Wildman–Crippen LogP) is 5.78. The quantitative estimate of drug-likeness (QED) is 0.0396. The van der Waals surface area contributed by atoms with Crippen LogP contribution in [0.1, 0.15) is 70.4 Å². The second-order valence-corrected chi connectivity index (χ2v) is 18.1. The van der Waals surface area contributed by atoms with Crippen LogP contribution in [0.4, 0.5) is 5.69 Å². The van der Waals surface area contributed by atoms with E-state index in [9.17, 15) is 30.7 Å². The molecule has 0 saturated carbocycles. The summed E-state index contributed by atoms with van der Waals surface area (Å²) in [6.07, 6.45) is 9.32. The van der Waals surface area contributed by atoms with Crippen molar-refractivity contribution >= 4 is 38.0 Å². The smallest absolute Gasteiger partial charge is 0.303 e. The standard InChI is InChI=1S/C44H62N2O15S2.C2H6/c1-44(17-8-32-62(49,50)51)39-34-37(63(52,53)54)13-15-40(39)46(18-6-4-5-11-43(47)48)42(44)10-7-9-35-16-21-61-41-33-36(12-14-38(35)41)45(19-22-57-28-30-59-26-24-55-2)20-23-58-29-31-60-27-25-56-3;1-2/h7,9-10,12-16,21,33-34H,4-6,8,11,17-20,22-32H2,1-3H3,(H2-,47,48,49,50,51,52,53,54);1-2H3/p+1. The minimum atomic E-state index is -4.57. The molecule has 0 radical (unpaired) electrons. The van der Waals surface area contributed by atoms with Crippen LogP contribution in [-0.2, 0) is 58.9 Å². The van der Waals surface area contributed by atoms with Crippen molar-refractivity contribution in [3.8, 4) is 11.3 Å². The van der Waals surface area contributed by atoms with Gasteiger partial charge in [0.1, 0.15) is 19.0 Å². The highest BCUT2D eigenvalue weighted by Crippen LogP contribution is 2.51. The maximum Gasteiger partial charge on any atom is 0.303 e. The van der Waals surface area contributed by atoms with E-state index in [1.165, 1.54) is 12.1 Å². The molecule has 1 atom stereocenters. The Balaban J connectivity index is 0.00000553. The van der Waals surface area contributed by atoms with Gasteiger partial charge < -0.3 is 42.8 Å². The Kier molecular flexibility index (Phi) is 24.6. The van der Waals surface area contributed by atoms with Crippen molar-refractivity contribution in [3.63, 3.8) is 0 Å². The molecule has 0 aromatic heterocycles. The molecule has 17 nitrogen and oxygen atoms in total. The molecule has 364 valence electrons. The number of anilines is 1. The zero-order valence-corrected chi connectivity index (χ0v) is 40.1. The van der Waals surface area contributed by atoms with Gasteiger partial charge in [-0.1, -0.05) is 32.4 Å². The maximum absolute atomic E-state index is 12.3. The Bertz CT molecular complexity index is 2200. The average molecular weight is 954 g/mol. The molecule has 1 aromatic carbocycles. The van der Waals surface area contributed by atoms with Gasteiger partial charge in [-0.2, -0.15) is 16.8 Å². The van der Waals surface area contributed by atoms with Gasteiger partial charge in [-0.3, -0.25) is 13.9 Å². The number of carboxylic acid groups (broad SMARTS) is 1. The van der Waals surface area contributed by atoms with E-state index in [4.69, 9.17) is 37.9 Å². The van der Waals surface area contributed by atoms with Crippen LogP contribution < -0.4 is 14.8 Å². The van der Waals surface area contributed by atoms with Crippen molar-refractivity contribution in [1.82, 2.24) is 4.58 Å². The summed E-state index contributed by atoms with van der Waals surface area (Å²) in [7, 11) is -5.61. The first-order chi connectivity index (χ1) is 31.2. The molecule has 3 N–H and O–H groups in total. The summed E-state index contributed by atoms with van der Waals surface area (Å²) in [5.41, 5.74) is 2.73. The molecule has 0 amide bonds. The lowest BCUT2D eigenvalue weighted by atomic mass is 9.77. The third kappa shape index (κ3) is 18.6. The summed E-state index contributed by atoms with van der Waals surface area (Å²) in [4.78, 5) is 12.9. The molecule has 2 heterocycles. The molecule has 19 heteroatoms. The van der Waals surface area contributed by atoms with Crippen LogP contribution in [0.3, 0.4) is 0 Å². The molecule has 0 fully saturated rings. The summed E-state index contributed by atoms with van der Waals surface area (Å²) in [6.45, 7) is 12.2. The van der Waals surface area contributed by atoms with Gasteiger partial charge in [-0.25, -0.2) is 4.58 Å². The third-order valence-corrected chi connectivity index (χ3v) is 12.2. The molecule has 1 aliphatic carbocycles. The Morgan fingerprint density at radius 3 is 1.98 bits per heavy atom. The van der Waals surface area contributed by atoms with E-state index in [1.54, 1.807) is 26.5 Å². The Morgan fingerprint density at radius 2 is 1.40 bits per heavy atom. The highest BCUT2D eigenvalue weighted by molar-refractivity contribution is 7.86. The Labute approximate surface area is 384 Å². The lowest BCUT2D eigenvalue weighted by Crippen LogP contribution is -2.36. The van der Waals surface area contributed by atoms with Gasteiger partial charge in [0, 0.05) is 55.6 Å². The van der Waals surface area contributed by atoms with E-state index < -0.39 is 37.4 Å². The Hall–Kier alpha value is -4.02. The van der Waals surface area contributed by atoms with Gasteiger partial charge in [-0.15, -0.1) is 0 Å².